The highest BCUT2D eigenvalue weighted by molar-refractivity contribution is 7.22. The molecule has 31 heavy (non-hydrogen) atoms. The minimum atomic E-state index is -0.599. The third-order valence-electron chi connectivity index (χ3n) is 4.72. The number of hydrogen-bond acceptors (Lipinski definition) is 6. The monoisotopic (exact) mass is 452 g/mol. The molecule has 4 rings (SSSR count). The molecule has 4 aromatic rings. The summed E-state index contributed by atoms with van der Waals surface area (Å²) in [7, 11) is 1.56. The van der Waals surface area contributed by atoms with E-state index in [-0.39, 0.29) is 5.70 Å². The van der Waals surface area contributed by atoms with Gasteiger partial charge in [0.05, 0.1) is 30.2 Å². The number of thiophene rings is 1. The van der Waals surface area contributed by atoms with Gasteiger partial charge in [0.25, 0.3) is 5.56 Å². The Morgan fingerprint density at radius 2 is 2.13 bits per heavy atom. The van der Waals surface area contributed by atoms with Crippen molar-refractivity contribution < 1.29 is 4.74 Å². The van der Waals surface area contributed by atoms with E-state index >= 15 is 0 Å². The fourth-order valence-corrected chi connectivity index (χ4v) is 4.59. The molecule has 9 heteroatoms. The van der Waals surface area contributed by atoms with E-state index in [9.17, 15) is 9.59 Å². The van der Waals surface area contributed by atoms with Crippen LogP contribution in [0.25, 0.3) is 26.4 Å². The van der Waals surface area contributed by atoms with Crippen LogP contribution < -0.4 is 16.0 Å². The molecule has 0 aliphatic heterocycles. The summed E-state index contributed by atoms with van der Waals surface area (Å²) in [6.07, 6.45) is 2.94. The zero-order valence-electron chi connectivity index (χ0n) is 16.7. The number of aromatic nitrogens is 3. The molecule has 0 radical (unpaired) electrons. The van der Waals surface area contributed by atoms with Gasteiger partial charge in [0.1, 0.15) is 10.4 Å². The Balaban J connectivity index is 1.97. The Bertz CT molecular complexity index is 1470. The molecule has 0 saturated heterocycles. The first-order chi connectivity index (χ1) is 14.9. The quantitative estimate of drug-likeness (QED) is 0.456. The van der Waals surface area contributed by atoms with Gasteiger partial charge in [-0.3, -0.25) is 14.8 Å². The minimum absolute atomic E-state index is 0.246. The van der Waals surface area contributed by atoms with Gasteiger partial charge < -0.3 is 9.72 Å². The van der Waals surface area contributed by atoms with Crippen LogP contribution in [0, 0.1) is 6.92 Å². The summed E-state index contributed by atoms with van der Waals surface area (Å²) in [6, 6.07) is 10.6. The van der Waals surface area contributed by atoms with Gasteiger partial charge >= 0.3 is 5.69 Å². The molecule has 7 nitrogen and oxygen atoms in total. The smallest absolute Gasteiger partial charge is 0.333 e. The molecule has 0 atom stereocenters. The van der Waals surface area contributed by atoms with Crippen LogP contribution in [-0.2, 0) is 0 Å². The molecular weight excluding hydrogens is 436 g/mol. The number of aryl methyl sites for hydroxylation is 1. The predicted molar refractivity (Wildman–Crippen MR) is 126 cm³/mol. The molecule has 1 aromatic carbocycles. The third kappa shape index (κ3) is 3.71. The molecule has 0 spiro atoms. The lowest BCUT2D eigenvalue weighted by Crippen LogP contribution is -2.34. The zero-order valence-corrected chi connectivity index (χ0v) is 18.3. The second kappa shape index (κ2) is 8.33. The molecule has 156 valence electrons. The van der Waals surface area contributed by atoms with Gasteiger partial charge in [-0.2, -0.15) is 0 Å². The number of hydrogen-bond donors (Lipinski definition) is 1. The van der Waals surface area contributed by atoms with E-state index in [1.165, 1.54) is 17.5 Å². The number of rotatable bonds is 5. The minimum Gasteiger partial charge on any atom is -0.497 e. The molecular formula is C22H17ClN4O3S. The van der Waals surface area contributed by atoms with E-state index in [0.29, 0.717) is 32.2 Å². The van der Waals surface area contributed by atoms with Gasteiger partial charge in [-0.05, 0) is 49.5 Å². The van der Waals surface area contributed by atoms with Crippen LogP contribution in [0.3, 0.4) is 0 Å². The standard InChI is InChI=1S/C22H17ClN4O3S/c1-12-5-4-8-25-19(12)17(11-24-2)27-21(28)20-16(26-22(27)29)10-18(31-20)14-9-13(30-3)6-7-15(14)23/h4-11H,2H2,1,3H3,(H,26,29)/b17-11+. The van der Waals surface area contributed by atoms with Crippen molar-refractivity contribution in [2.24, 2.45) is 4.99 Å². The van der Waals surface area contributed by atoms with E-state index in [4.69, 9.17) is 16.3 Å². The van der Waals surface area contributed by atoms with E-state index in [0.717, 1.165) is 15.0 Å². The Morgan fingerprint density at radius 1 is 1.32 bits per heavy atom. The van der Waals surface area contributed by atoms with E-state index in [2.05, 4.69) is 21.7 Å². The van der Waals surface area contributed by atoms with Crippen LogP contribution in [0.15, 0.2) is 63.4 Å². The van der Waals surface area contributed by atoms with Crippen molar-refractivity contribution in [3.8, 4) is 16.2 Å². The van der Waals surface area contributed by atoms with Crippen molar-refractivity contribution in [2.45, 2.75) is 6.92 Å². The van der Waals surface area contributed by atoms with Crippen LogP contribution in [0.5, 0.6) is 5.75 Å². The van der Waals surface area contributed by atoms with Crippen LogP contribution in [0.1, 0.15) is 11.3 Å². The molecule has 1 N–H and O–H groups in total. The molecule has 3 aromatic heterocycles. The largest absolute Gasteiger partial charge is 0.497 e. The maximum Gasteiger partial charge on any atom is 0.333 e. The fourth-order valence-electron chi connectivity index (χ4n) is 3.24. The highest BCUT2D eigenvalue weighted by Crippen LogP contribution is 2.37. The number of benzene rings is 1. The Hall–Kier alpha value is -3.49. The van der Waals surface area contributed by atoms with Gasteiger partial charge in [-0.1, -0.05) is 17.7 Å². The number of pyridine rings is 1. The lowest BCUT2D eigenvalue weighted by Gasteiger charge is -2.10. The fraction of sp³-hybridized carbons (Fsp3) is 0.0909. The Morgan fingerprint density at radius 3 is 2.84 bits per heavy atom. The number of nitrogens with zero attached hydrogens (tertiary/aromatic N) is 3. The predicted octanol–water partition coefficient (Wildman–Crippen LogP) is 4.33. The SMILES string of the molecule is C=N/C=C(\c1ncccc1C)n1c(=O)[nH]c2cc(-c3cc(OC)ccc3Cl)sc2c1=O. The molecule has 0 unspecified atom stereocenters. The second-order valence-electron chi connectivity index (χ2n) is 6.64. The summed E-state index contributed by atoms with van der Waals surface area (Å²) < 4.78 is 6.68. The topological polar surface area (TPSA) is 89.3 Å². The molecule has 0 saturated carbocycles. The zero-order chi connectivity index (χ0) is 22.1. The van der Waals surface area contributed by atoms with Crippen molar-refractivity contribution in [2.75, 3.05) is 7.11 Å². The van der Waals surface area contributed by atoms with Crippen molar-refractivity contribution in [1.29, 1.82) is 0 Å². The van der Waals surface area contributed by atoms with E-state index in [1.807, 2.05) is 13.0 Å². The van der Waals surface area contributed by atoms with Crippen LogP contribution in [-0.4, -0.2) is 28.4 Å². The van der Waals surface area contributed by atoms with Gasteiger partial charge in [0.15, 0.2) is 0 Å². The van der Waals surface area contributed by atoms with E-state index in [1.54, 1.807) is 43.6 Å². The normalized spacial score (nSPS) is 11.6. The van der Waals surface area contributed by atoms with Crippen molar-refractivity contribution in [1.82, 2.24) is 14.5 Å². The lowest BCUT2D eigenvalue weighted by molar-refractivity contribution is 0.415. The summed E-state index contributed by atoms with van der Waals surface area (Å²) in [6.45, 7) is 5.31. The molecule has 0 amide bonds. The summed E-state index contributed by atoms with van der Waals surface area (Å²) in [5.74, 6) is 0.635. The highest BCUT2D eigenvalue weighted by atomic mass is 35.5. The van der Waals surface area contributed by atoms with Crippen LogP contribution >= 0.6 is 22.9 Å². The highest BCUT2D eigenvalue weighted by Gasteiger charge is 2.19. The molecule has 0 fully saturated rings. The van der Waals surface area contributed by atoms with Gasteiger partial charge in [0, 0.05) is 21.7 Å². The first-order valence-corrected chi connectivity index (χ1v) is 10.3. The average molecular weight is 453 g/mol. The van der Waals surface area contributed by atoms with Crippen LogP contribution in [0.2, 0.25) is 5.02 Å². The van der Waals surface area contributed by atoms with Crippen molar-refractivity contribution >= 4 is 45.6 Å². The first-order valence-electron chi connectivity index (χ1n) is 9.15. The van der Waals surface area contributed by atoms with Gasteiger partial charge in [-0.25, -0.2) is 9.36 Å². The average Bonchev–Trinajstić information content (AvgIpc) is 3.18. The number of nitrogens with one attached hydrogen (secondary N) is 1. The molecule has 0 aliphatic carbocycles. The number of ether oxygens (including phenoxy) is 1. The summed E-state index contributed by atoms with van der Waals surface area (Å²) >= 11 is 7.60. The number of fused-ring (bicyclic) bond motifs is 1. The number of H-pyrrole nitrogens is 1. The summed E-state index contributed by atoms with van der Waals surface area (Å²) in [5, 5.41) is 0.510. The summed E-state index contributed by atoms with van der Waals surface area (Å²) in [5.41, 5.74) is 1.56. The lowest BCUT2D eigenvalue weighted by atomic mass is 10.1. The third-order valence-corrected chi connectivity index (χ3v) is 6.21. The number of methoxy groups -OCH3 is 1. The van der Waals surface area contributed by atoms with E-state index < -0.39 is 11.2 Å². The summed E-state index contributed by atoms with van der Waals surface area (Å²) in [4.78, 5) is 37.9. The Labute approximate surface area is 186 Å². The second-order valence-corrected chi connectivity index (χ2v) is 8.10. The number of aromatic amines is 1. The number of aliphatic imine (C=N–C) groups is 1. The van der Waals surface area contributed by atoms with Crippen molar-refractivity contribution in [3.05, 3.63) is 85.9 Å². The Kier molecular flexibility index (Phi) is 5.58. The van der Waals surface area contributed by atoms with Crippen LogP contribution in [0.4, 0.5) is 0 Å². The molecule has 0 bridgehead atoms. The van der Waals surface area contributed by atoms with Gasteiger partial charge in [0.2, 0.25) is 0 Å². The maximum atomic E-state index is 13.4. The molecule has 0 aliphatic rings. The maximum absolute atomic E-state index is 13.4. The molecule has 3 heterocycles. The van der Waals surface area contributed by atoms with Crippen molar-refractivity contribution in [3.63, 3.8) is 0 Å². The van der Waals surface area contributed by atoms with Gasteiger partial charge in [-0.15, -0.1) is 11.3 Å². The first kappa shape index (κ1) is 20.8. The number of halogens is 1.